The molecule has 0 atom stereocenters. The zero-order valence-corrected chi connectivity index (χ0v) is 9.69. The molecule has 0 unspecified atom stereocenters. The minimum absolute atomic E-state index is 0.0656. The Hall–Kier alpha value is -1.06. The first-order valence-corrected chi connectivity index (χ1v) is 5.18. The highest BCUT2D eigenvalue weighted by Gasteiger charge is 1.93. The van der Waals surface area contributed by atoms with Gasteiger partial charge in [-0.25, -0.2) is 0 Å². The van der Waals surface area contributed by atoms with Crippen LogP contribution >= 0.6 is 0 Å². The van der Waals surface area contributed by atoms with Crippen LogP contribution in [0.15, 0.2) is 24.3 Å². The monoisotopic (exact) mass is 212 g/mol. The molecule has 0 saturated heterocycles. The Labute approximate surface area is 91.6 Å². The van der Waals surface area contributed by atoms with Crippen molar-refractivity contribution < 1.29 is 14.6 Å². The van der Waals surface area contributed by atoms with Gasteiger partial charge in [0.1, 0.15) is 5.75 Å². The van der Waals surface area contributed by atoms with Gasteiger partial charge in [0.15, 0.2) is 0 Å². The van der Waals surface area contributed by atoms with Gasteiger partial charge in [0, 0.05) is 0 Å². The van der Waals surface area contributed by atoms with Crippen molar-refractivity contribution in [2.75, 3.05) is 20.3 Å². The van der Waals surface area contributed by atoms with Crippen LogP contribution in [0.2, 0.25) is 0 Å². The number of benzene rings is 1. The summed E-state index contributed by atoms with van der Waals surface area (Å²) in [6.45, 7) is 4.98. The first kappa shape index (κ1) is 13.9. The van der Waals surface area contributed by atoms with Crippen molar-refractivity contribution >= 4 is 0 Å². The van der Waals surface area contributed by atoms with Gasteiger partial charge in [-0.1, -0.05) is 26.0 Å². The molecular formula is C12H20O3. The Morgan fingerprint density at radius 1 is 1.13 bits per heavy atom. The first-order valence-electron chi connectivity index (χ1n) is 5.18. The minimum Gasteiger partial charge on any atom is -0.497 e. The largest absolute Gasteiger partial charge is 0.497 e. The molecule has 0 heterocycles. The van der Waals surface area contributed by atoms with E-state index >= 15 is 0 Å². The van der Waals surface area contributed by atoms with Gasteiger partial charge < -0.3 is 14.6 Å². The van der Waals surface area contributed by atoms with Crippen LogP contribution in [0.1, 0.15) is 19.4 Å². The van der Waals surface area contributed by atoms with Crippen molar-refractivity contribution in [3.63, 3.8) is 0 Å². The number of rotatable bonds is 5. The molecule has 3 nitrogen and oxygen atoms in total. The van der Waals surface area contributed by atoms with Crippen LogP contribution in [0.3, 0.4) is 0 Å². The molecule has 0 bridgehead atoms. The summed E-state index contributed by atoms with van der Waals surface area (Å²) in [5.41, 5.74) is 1.08. The van der Waals surface area contributed by atoms with Gasteiger partial charge in [-0.2, -0.15) is 0 Å². The SMILES string of the molecule is CC.COc1ccc(COCCO)cc1. The third-order valence-corrected chi connectivity index (χ3v) is 1.66. The Morgan fingerprint density at radius 3 is 2.20 bits per heavy atom. The zero-order valence-electron chi connectivity index (χ0n) is 9.69. The Balaban J connectivity index is 0.000000921. The molecule has 86 valence electrons. The average molecular weight is 212 g/mol. The van der Waals surface area contributed by atoms with E-state index < -0.39 is 0 Å². The Bertz CT molecular complexity index is 231. The van der Waals surface area contributed by atoms with Gasteiger partial charge in [0.2, 0.25) is 0 Å². The van der Waals surface area contributed by atoms with Crippen LogP contribution in [-0.2, 0) is 11.3 Å². The van der Waals surface area contributed by atoms with E-state index in [1.807, 2.05) is 38.1 Å². The second kappa shape index (κ2) is 9.49. The highest BCUT2D eigenvalue weighted by Crippen LogP contribution is 2.11. The number of hydrogen-bond acceptors (Lipinski definition) is 3. The van der Waals surface area contributed by atoms with Crippen molar-refractivity contribution in [3.8, 4) is 5.75 Å². The van der Waals surface area contributed by atoms with Gasteiger partial charge in [0.05, 0.1) is 26.9 Å². The first-order chi connectivity index (χ1) is 7.36. The molecule has 0 aliphatic heterocycles. The predicted molar refractivity (Wildman–Crippen MR) is 61.1 cm³/mol. The average Bonchev–Trinajstić information content (AvgIpc) is 2.33. The number of methoxy groups -OCH3 is 1. The molecule has 0 amide bonds. The molecule has 0 aromatic heterocycles. The summed E-state index contributed by atoms with van der Waals surface area (Å²) in [5, 5.41) is 8.48. The highest BCUT2D eigenvalue weighted by molar-refractivity contribution is 5.26. The molecule has 0 spiro atoms. The lowest BCUT2D eigenvalue weighted by atomic mass is 10.2. The normalized spacial score (nSPS) is 9.07. The van der Waals surface area contributed by atoms with Crippen LogP contribution in [-0.4, -0.2) is 25.4 Å². The standard InChI is InChI=1S/C10H14O3.C2H6/c1-12-10-4-2-9(3-5-10)8-13-7-6-11;1-2/h2-5,11H,6-8H2,1H3;1-2H3. The second-order valence-electron chi connectivity index (χ2n) is 2.62. The van der Waals surface area contributed by atoms with Gasteiger partial charge in [-0.05, 0) is 17.7 Å². The van der Waals surface area contributed by atoms with Crippen molar-refractivity contribution in [1.29, 1.82) is 0 Å². The summed E-state index contributed by atoms with van der Waals surface area (Å²) in [7, 11) is 1.64. The van der Waals surface area contributed by atoms with Crippen LogP contribution < -0.4 is 4.74 Å². The number of aliphatic hydroxyl groups is 1. The van der Waals surface area contributed by atoms with E-state index in [-0.39, 0.29) is 6.61 Å². The Kier molecular flexibility index (Phi) is 8.82. The van der Waals surface area contributed by atoms with Crippen molar-refractivity contribution in [3.05, 3.63) is 29.8 Å². The van der Waals surface area contributed by atoms with Crippen molar-refractivity contribution in [1.82, 2.24) is 0 Å². The summed E-state index contributed by atoms with van der Waals surface area (Å²) in [4.78, 5) is 0. The van der Waals surface area contributed by atoms with E-state index in [2.05, 4.69) is 0 Å². The molecule has 1 rings (SSSR count). The lowest BCUT2D eigenvalue weighted by Gasteiger charge is -2.03. The summed E-state index contributed by atoms with van der Waals surface area (Å²) < 4.78 is 10.2. The molecule has 1 aromatic carbocycles. The van der Waals surface area contributed by atoms with E-state index in [1.165, 1.54) is 0 Å². The fourth-order valence-corrected chi connectivity index (χ4v) is 0.976. The van der Waals surface area contributed by atoms with E-state index in [0.29, 0.717) is 13.2 Å². The molecule has 0 aliphatic carbocycles. The maximum Gasteiger partial charge on any atom is 0.118 e. The van der Waals surface area contributed by atoms with Crippen molar-refractivity contribution in [2.45, 2.75) is 20.5 Å². The second-order valence-corrected chi connectivity index (χ2v) is 2.62. The molecule has 3 heteroatoms. The molecule has 15 heavy (non-hydrogen) atoms. The number of aliphatic hydroxyl groups excluding tert-OH is 1. The van der Waals surface area contributed by atoms with E-state index in [0.717, 1.165) is 11.3 Å². The summed E-state index contributed by atoms with van der Waals surface area (Å²) in [6, 6.07) is 7.65. The van der Waals surface area contributed by atoms with E-state index in [9.17, 15) is 0 Å². The van der Waals surface area contributed by atoms with Crippen LogP contribution in [0, 0.1) is 0 Å². The van der Waals surface area contributed by atoms with E-state index in [1.54, 1.807) is 7.11 Å². The molecule has 0 saturated carbocycles. The summed E-state index contributed by atoms with van der Waals surface area (Å²) in [6.07, 6.45) is 0. The van der Waals surface area contributed by atoms with Crippen LogP contribution in [0.25, 0.3) is 0 Å². The Morgan fingerprint density at radius 2 is 1.73 bits per heavy atom. The quantitative estimate of drug-likeness (QED) is 0.761. The molecule has 1 N–H and O–H groups in total. The molecule has 0 aliphatic rings. The summed E-state index contributed by atoms with van der Waals surface area (Å²) >= 11 is 0. The molecule has 0 fully saturated rings. The van der Waals surface area contributed by atoms with Crippen LogP contribution in [0.4, 0.5) is 0 Å². The van der Waals surface area contributed by atoms with Crippen molar-refractivity contribution in [2.24, 2.45) is 0 Å². The van der Waals surface area contributed by atoms with E-state index in [4.69, 9.17) is 14.6 Å². The minimum atomic E-state index is 0.0656. The predicted octanol–water partition coefficient (Wildman–Crippen LogP) is 2.23. The molecule has 0 radical (unpaired) electrons. The topological polar surface area (TPSA) is 38.7 Å². The summed E-state index contributed by atoms with van der Waals surface area (Å²) in [5.74, 6) is 0.839. The maximum absolute atomic E-state index is 8.48. The highest BCUT2D eigenvalue weighted by atomic mass is 16.5. The number of hydrogen-bond donors (Lipinski definition) is 1. The zero-order chi connectivity index (χ0) is 11.5. The third kappa shape index (κ3) is 6.10. The maximum atomic E-state index is 8.48. The third-order valence-electron chi connectivity index (χ3n) is 1.66. The van der Waals surface area contributed by atoms with Gasteiger partial charge in [0.25, 0.3) is 0 Å². The smallest absolute Gasteiger partial charge is 0.118 e. The number of ether oxygens (including phenoxy) is 2. The van der Waals surface area contributed by atoms with Gasteiger partial charge in [-0.3, -0.25) is 0 Å². The molecule has 1 aromatic rings. The van der Waals surface area contributed by atoms with Gasteiger partial charge >= 0.3 is 0 Å². The fraction of sp³-hybridized carbons (Fsp3) is 0.500. The lowest BCUT2D eigenvalue weighted by Crippen LogP contribution is -1.98. The lowest BCUT2D eigenvalue weighted by molar-refractivity contribution is 0.0815. The van der Waals surface area contributed by atoms with Crippen LogP contribution in [0.5, 0.6) is 5.75 Å². The van der Waals surface area contributed by atoms with Gasteiger partial charge in [-0.15, -0.1) is 0 Å². The molecular weight excluding hydrogens is 192 g/mol. The fourth-order valence-electron chi connectivity index (χ4n) is 0.976.